The average Bonchev–Trinajstić information content (AvgIpc) is 3.11. The number of imide groups is 1. The van der Waals surface area contributed by atoms with Gasteiger partial charge in [-0.3, -0.25) is 19.3 Å². The standard InChI is InChI=1S/C26H30N2O5/c29-23-21-12-6-7-13-22(21)24(30)28(23)15-9-2-1-8-14-26(32,20-10-4-3-5-11-20)25(31)27-16-18-33-19-17-27/h3-7,10-13,32H,1-2,8-9,14-19H2. The lowest BCUT2D eigenvalue weighted by molar-refractivity contribution is -0.157. The van der Waals surface area contributed by atoms with Crippen molar-refractivity contribution < 1.29 is 24.2 Å². The van der Waals surface area contributed by atoms with E-state index in [-0.39, 0.29) is 17.7 Å². The molecular formula is C26H30N2O5. The summed E-state index contributed by atoms with van der Waals surface area (Å²) in [6.45, 7) is 2.30. The molecular weight excluding hydrogens is 420 g/mol. The Bertz CT molecular complexity index is 968. The van der Waals surface area contributed by atoms with Crippen LogP contribution in [0.5, 0.6) is 0 Å². The fourth-order valence-corrected chi connectivity index (χ4v) is 4.56. The van der Waals surface area contributed by atoms with Crippen LogP contribution in [0.4, 0.5) is 0 Å². The van der Waals surface area contributed by atoms with Crippen molar-refractivity contribution >= 4 is 17.7 Å². The topological polar surface area (TPSA) is 87.2 Å². The van der Waals surface area contributed by atoms with Crippen LogP contribution in [0.25, 0.3) is 0 Å². The maximum atomic E-state index is 13.2. The number of hydrogen-bond donors (Lipinski definition) is 1. The molecule has 0 saturated carbocycles. The Morgan fingerprint density at radius 1 is 0.848 bits per heavy atom. The highest BCUT2D eigenvalue weighted by Gasteiger charge is 2.40. The number of morpholine rings is 1. The van der Waals surface area contributed by atoms with Gasteiger partial charge in [0.15, 0.2) is 5.60 Å². The van der Waals surface area contributed by atoms with Crippen molar-refractivity contribution in [2.24, 2.45) is 0 Å². The zero-order chi connectivity index (χ0) is 23.3. The molecule has 33 heavy (non-hydrogen) atoms. The van der Waals surface area contributed by atoms with Crippen molar-refractivity contribution in [2.75, 3.05) is 32.8 Å². The van der Waals surface area contributed by atoms with Crippen LogP contribution in [0.2, 0.25) is 0 Å². The summed E-state index contributed by atoms with van der Waals surface area (Å²) in [6, 6.07) is 16.0. The van der Waals surface area contributed by atoms with E-state index >= 15 is 0 Å². The van der Waals surface area contributed by atoms with Crippen molar-refractivity contribution in [3.8, 4) is 0 Å². The number of aliphatic hydroxyl groups is 1. The van der Waals surface area contributed by atoms with Crippen LogP contribution in [0.3, 0.4) is 0 Å². The summed E-state index contributed by atoms with van der Waals surface area (Å²) in [6.07, 6.45) is 3.25. The molecule has 0 aliphatic carbocycles. The number of unbranched alkanes of at least 4 members (excludes halogenated alkanes) is 3. The number of nitrogens with zero attached hydrogens (tertiary/aromatic N) is 2. The van der Waals surface area contributed by atoms with Crippen LogP contribution in [-0.4, -0.2) is 65.5 Å². The molecule has 1 fully saturated rings. The van der Waals surface area contributed by atoms with Gasteiger partial charge < -0.3 is 14.7 Å². The number of amides is 3. The lowest BCUT2D eigenvalue weighted by Gasteiger charge is -2.35. The normalized spacial score (nSPS) is 17.7. The summed E-state index contributed by atoms with van der Waals surface area (Å²) in [5.41, 5.74) is -0.0252. The highest BCUT2D eigenvalue weighted by Crippen LogP contribution is 2.31. The Hall–Kier alpha value is -3.03. The van der Waals surface area contributed by atoms with Gasteiger partial charge in [0.1, 0.15) is 0 Å². The molecule has 2 aromatic carbocycles. The van der Waals surface area contributed by atoms with Gasteiger partial charge in [0.25, 0.3) is 17.7 Å². The second-order valence-electron chi connectivity index (χ2n) is 8.60. The summed E-state index contributed by atoms with van der Waals surface area (Å²) in [5.74, 6) is -0.738. The molecule has 1 N–H and O–H groups in total. The minimum atomic E-state index is -1.57. The van der Waals surface area contributed by atoms with Crippen LogP contribution in [0.15, 0.2) is 54.6 Å². The summed E-state index contributed by atoms with van der Waals surface area (Å²) in [5, 5.41) is 11.5. The molecule has 1 atom stereocenters. The highest BCUT2D eigenvalue weighted by molar-refractivity contribution is 6.21. The van der Waals surface area contributed by atoms with Crippen molar-refractivity contribution in [3.63, 3.8) is 0 Å². The Balaban J connectivity index is 1.30. The number of ether oxygens (including phenoxy) is 1. The molecule has 4 rings (SSSR count). The first kappa shape index (κ1) is 23.1. The van der Waals surface area contributed by atoms with E-state index in [1.165, 1.54) is 4.90 Å². The fourth-order valence-electron chi connectivity index (χ4n) is 4.56. The molecule has 1 saturated heterocycles. The summed E-state index contributed by atoms with van der Waals surface area (Å²) >= 11 is 0. The first-order chi connectivity index (χ1) is 16.0. The minimum absolute atomic E-state index is 0.231. The smallest absolute Gasteiger partial charge is 0.261 e. The minimum Gasteiger partial charge on any atom is -0.378 e. The van der Waals surface area contributed by atoms with E-state index < -0.39 is 5.60 Å². The van der Waals surface area contributed by atoms with Gasteiger partial charge in [0, 0.05) is 19.6 Å². The second-order valence-corrected chi connectivity index (χ2v) is 8.60. The zero-order valence-corrected chi connectivity index (χ0v) is 18.7. The largest absolute Gasteiger partial charge is 0.378 e. The molecule has 7 nitrogen and oxygen atoms in total. The lowest BCUT2D eigenvalue weighted by Crippen LogP contribution is -2.51. The van der Waals surface area contributed by atoms with Crippen LogP contribution in [0, 0.1) is 0 Å². The Labute approximate surface area is 193 Å². The van der Waals surface area contributed by atoms with Crippen molar-refractivity contribution in [1.29, 1.82) is 0 Å². The Kier molecular flexibility index (Phi) is 7.20. The number of carbonyl (C=O) groups is 3. The predicted molar refractivity (Wildman–Crippen MR) is 123 cm³/mol. The van der Waals surface area contributed by atoms with E-state index in [9.17, 15) is 19.5 Å². The van der Waals surface area contributed by atoms with Gasteiger partial charge in [-0.05, 0) is 37.0 Å². The number of rotatable bonds is 9. The van der Waals surface area contributed by atoms with E-state index in [2.05, 4.69) is 0 Å². The number of carbonyl (C=O) groups excluding carboxylic acids is 3. The molecule has 0 radical (unpaired) electrons. The summed E-state index contributed by atoms with van der Waals surface area (Å²) in [7, 11) is 0. The Morgan fingerprint density at radius 2 is 1.42 bits per heavy atom. The van der Waals surface area contributed by atoms with E-state index in [4.69, 9.17) is 4.74 Å². The molecule has 174 valence electrons. The van der Waals surface area contributed by atoms with E-state index in [0.29, 0.717) is 68.8 Å². The third-order valence-corrected chi connectivity index (χ3v) is 6.45. The lowest BCUT2D eigenvalue weighted by atomic mass is 9.86. The molecule has 0 spiro atoms. The summed E-state index contributed by atoms with van der Waals surface area (Å²) in [4.78, 5) is 41.1. The van der Waals surface area contributed by atoms with E-state index in [1.807, 2.05) is 18.2 Å². The van der Waals surface area contributed by atoms with Gasteiger partial charge in [0.2, 0.25) is 0 Å². The zero-order valence-electron chi connectivity index (χ0n) is 18.7. The van der Waals surface area contributed by atoms with Crippen molar-refractivity contribution in [1.82, 2.24) is 9.80 Å². The van der Waals surface area contributed by atoms with Gasteiger partial charge in [0.05, 0.1) is 24.3 Å². The maximum absolute atomic E-state index is 13.2. The van der Waals surface area contributed by atoms with Gasteiger partial charge in [-0.2, -0.15) is 0 Å². The molecule has 0 bridgehead atoms. The monoisotopic (exact) mass is 450 g/mol. The summed E-state index contributed by atoms with van der Waals surface area (Å²) < 4.78 is 5.34. The Morgan fingerprint density at radius 3 is 2.06 bits per heavy atom. The number of hydrogen-bond acceptors (Lipinski definition) is 5. The van der Waals surface area contributed by atoms with Gasteiger partial charge in [-0.15, -0.1) is 0 Å². The molecule has 2 aromatic rings. The molecule has 3 amide bonds. The highest BCUT2D eigenvalue weighted by atomic mass is 16.5. The van der Waals surface area contributed by atoms with Crippen molar-refractivity contribution in [3.05, 3.63) is 71.3 Å². The number of fused-ring (bicyclic) bond motifs is 1. The van der Waals surface area contributed by atoms with Gasteiger partial charge >= 0.3 is 0 Å². The quantitative estimate of drug-likeness (QED) is 0.469. The SMILES string of the molecule is O=C1c2ccccc2C(=O)N1CCCCCCC(O)(C(=O)N1CCOCC1)c1ccccc1. The molecule has 2 aliphatic heterocycles. The fraction of sp³-hybridized carbons (Fsp3) is 0.423. The van der Waals surface area contributed by atoms with Crippen LogP contribution >= 0.6 is 0 Å². The van der Waals surface area contributed by atoms with Crippen LogP contribution in [0.1, 0.15) is 58.4 Å². The van der Waals surface area contributed by atoms with Gasteiger partial charge in [-0.1, -0.05) is 55.3 Å². The predicted octanol–water partition coefficient (Wildman–Crippen LogP) is 2.98. The van der Waals surface area contributed by atoms with E-state index in [1.54, 1.807) is 41.3 Å². The van der Waals surface area contributed by atoms with Crippen molar-refractivity contribution in [2.45, 2.75) is 37.7 Å². The van der Waals surface area contributed by atoms with Crippen LogP contribution < -0.4 is 0 Å². The average molecular weight is 451 g/mol. The maximum Gasteiger partial charge on any atom is 0.261 e. The third kappa shape index (κ3) is 4.84. The first-order valence-electron chi connectivity index (χ1n) is 11.6. The molecule has 2 heterocycles. The van der Waals surface area contributed by atoms with E-state index in [0.717, 1.165) is 12.8 Å². The second kappa shape index (κ2) is 10.3. The first-order valence-corrected chi connectivity index (χ1v) is 11.6. The molecule has 2 aliphatic rings. The van der Waals surface area contributed by atoms with Gasteiger partial charge in [-0.25, -0.2) is 0 Å². The van der Waals surface area contributed by atoms with Crippen LogP contribution in [-0.2, 0) is 15.1 Å². The molecule has 1 unspecified atom stereocenters. The molecule has 7 heteroatoms. The third-order valence-electron chi connectivity index (χ3n) is 6.45. The molecule has 0 aromatic heterocycles. The number of benzene rings is 2.